The second-order valence-electron chi connectivity index (χ2n) is 9.23. The molecule has 5 aromatic rings. The number of methoxy groups -OCH3 is 1. The Morgan fingerprint density at radius 2 is 1.81 bits per heavy atom. The summed E-state index contributed by atoms with van der Waals surface area (Å²) in [4.78, 5) is 38.4. The molecule has 2 N–H and O–H groups in total. The number of hydrogen-bond donors (Lipinski definition) is 2. The number of pyridine rings is 1. The Kier molecular flexibility index (Phi) is 8.49. The van der Waals surface area contributed by atoms with Crippen LogP contribution >= 0.6 is 11.3 Å². The topological polar surface area (TPSA) is 164 Å². The number of hydrogen-bond acceptors (Lipinski definition) is 13. The molecular weight excluding hydrogens is 569 g/mol. The molecule has 4 heterocycles. The summed E-state index contributed by atoms with van der Waals surface area (Å²) in [6.45, 7) is 4.83. The quantitative estimate of drug-likeness (QED) is 0.235. The fraction of sp³-hybridized carbons (Fsp3) is 0.296. The molecule has 5 rings (SSSR count). The van der Waals surface area contributed by atoms with Gasteiger partial charge in [0.15, 0.2) is 5.82 Å². The molecule has 0 aliphatic rings. The van der Waals surface area contributed by atoms with E-state index in [-0.39, 0.29) is 30.8 Å². The van der Waals surface area contributed by atoms with Crippen LogP contribution in [-0.2, 0) is 4.74 Å². The largest absolute Gasteiger partial charge is 0.480 e. The Labute approximate surface area is 242 Å². The Hall–Kier alpha value is -4.76. The van der Waals surface area contributed by atoms with Gasteiger partial charge in [-0.05, 0) is 38.5 Å². The maximum atomic E-state index is 14.9. The van der Waals surface area contributed by atoms with Crippen molar-refractivity contribution in [2.24, 2.45) is 0 Å². The van der Waals surface area contributed by atoms with Crippen molar-refractivity contribution in [1.82, 2.24) is 29.9 Å². The fourth-order valence-corrected chi connectivity index (χ4v) is 4.69. The summed E-state index contributed by atoms with van der Waals surface area (Å²) in [6, 6.07) is 5.14. The van der Waals surface area contributed by atoms with Crippen LogP contribution in [0.2, 0.25) is 0 Å². The number of aliphatic hydroxyl groups excluding tert-OH is 1. The molecule has 1 aromatic carbocycles. The molecule has 15 heteroatoms. The van der Waals surface area contributed by atoms with E-state index in [0.717, 1.165) is 11.1 Å². The molecule has 0 bridgehead atoms. The van der Waals surface area contributed by atoms with Gasteiger partial charge in [-0.1, -0.05) is 11.3 Å². The molecule has 2 atom stereocenters. The third-order valence-corrected chi connectivity index (χ3v) is 6.71. The van der Waals surface area contributed by atoms with Gasteiger partial charge in [-0.25, -0.2) is 34.1 Å². The second kappa shape index (κ2) is 12.4. The van der Waals surface area contributed by atoms with Crippen molar-refractivity contribution in [2.45, 2.75) is 33.0 Å². The maximum Gasteiger partial charge on any atom is 0.411 e. The van der Waals surface area contributed by atoms with Crippen molar-refractivity contribution in [3.8, 4) is 28.3 Å². The average molecular weight is 596 g/mol. The Morgan fingerprint density at radius 3 is 2.55 bits per heavy atom. The average Bonchev–Trinajstić information content (AvgIpc) is 3.38. The van der Waals surface area contributed by atoms with Crippen molar-refractivity contribution in [2.75, 3.05) is 25.6 Å². The molecule has 0 unspecified atom stereocenters. The number of aryl methyl sites for hydroxylation is 1. The highest BCUT2D eigenvalue weighted by molar-refractivity contribution is 7.21. The van der Waals surface area contributed by atoms with Crippen LogP contribution in [0.4, 0.5) is 14.9 Å². The summed E-state index contributed by atoms with van der Waals surface area (Å²) >= 11 is 1.26. The number of rotatable bonds is 10. The fourth-order valence-electron chi connectivity index (χ4n) is 3.76. The van der Waals surface area contributed by atoms with Crippen molar-refractivity contribution in [1.29, 1.82) is 0 Å². The summed E-state index contributed by atoms with van der Waals surface area (Å²) in [5.41, 5.74) is 3.61. The zero-order chi connectivity index (χ0) is 29.8. The highest BCUT2D eigenvalue weighted by Gasteiger charge is 2.19. The lowest BCUT2D eigenvalue weighted by atomic mass is 10.1. The summed E-state index contributed by atoms with van der Waals surface area (Å²) in [5.74, 6) is -0.551. The van der Waals surface area contributed by atoms with E-state index in [1.165, 1.54) is 43.1 Å². The number of fused-ring (bicyclic) bond motifs is 2. The summed E-state index contributed by atoms with van der Waals surface area (Å²) in [6.07, 6.45) is 2.21. The molecule has 1 amide bonds. The molecule has 218 valence electrons. The summed E-state index contributed by atoms with van der Waals surface area (Å²) in [5, 5.41) is 12.1. The third kappa shape index (κ3) is 6.58. The minimum absolute atomic E-state index is 0.0543. The van der Waals surface area contributed by atoms with Crippen molar-refractivity contribution >= 4 is 44.5 Å². The van der Waals surface area contributed by atoms with E-state index < -0.39 is 24.1 Å². The van der Waals surface area contributed by atoms with Crippen molar-refractivity contribution < 1.29 is 33.2 Å². The number of aromatic nitrogens is 6. The first kappa shape index (κ1) is 28.8. The van der Waals surface area contributed by atoms with Crippen LogP contribution in [0.15, 0.2) is 36.8 Å². The first-order valence-corrected chi connectivity index (χ1v) is 13.5. The Morgan fingerprint density at radius 1 is 1.02 bits per heavy atom. The summed E-state index contributed by atoms with van der Waals surface area (Å²) < 4.78 is 36.2. The normalized spacial score (nSPS) is 12.6. The third-order valence-electron chi connectivity index (χ3n) is 5.71. The molecule has 4 aromatic heterocycles. The van der Waals surface area contributed by atoms with Crippen LogP contribution in [0.3, 0.4) is 0 Å². The Bertz CT molecular complexity index is 1740. The number of benzene rings is 1. The van der Waals surface area contributed by atoms with Gasteiger partial charge in [0.1, 0.15) is 34.2 Å². The van der Waals surface area contributed by atoms with Crippen LogP contribution in [-0.4, -0.2) is 73.6 Å². The molecule has 42 heavy (non-hydrogen) atoms. The van der Waals surface area contributed by atoms with Gasteiger partial charge >= 0.3 is 12.1 Å². The predicted molar refractivity (Wildman–Crippen MR) is 151 cm³/mol. The van der Waals surface area contributed by atoms with Crippen molar-refractivity contribution in [3.05, 3.63) is 48.2 Å². The van der Waals surface area contributed by atoms with E-state index in [1.807, 2.05) is 19.1 Å². The first-order chi connectivity index (χ1) is 20.2. The van der Waals surface area contributed by atoms with E-state index in [4.69, 9.17) is 24.1 Å². The minimum Gasteiger partial charge on any atom is -0.480 e. The second-order valence-corrected chi connectivity index (χ2v) is 10.2. The zero-order valence-electron chi connectivity index (χ0n) is 23.0. The molecule has 0 aliphatic heterocycles. The number of nitrogens with zero attached hydrogens (tertiary/aromatic N) is 6. The SMILES string of the molecule is COc1cnc2c(-c3nc4cc(F)c(O[C@@H](C)COC(=O)Nc5cnc(O[C@H](C)CO)nc5)nc4s3)cc(C)cc2n1. The standard InChI is InChI=1S/C27H26FN7O6S/c1-13-5-17(22-19(6-13)33-21(38-4)10-29-22)24-34-20-7-18(28)23(35-25(20)42-24)40-15(3)12-39-27(37)32-16-8-30-26(31-9-16)41-14(2)11-36/h5-10,14-15,36H,11-12H2,1-4H3,(H,32,37)/t14-,15+/m1/s1. The monoisotopic (exact) mass is 595 g/mol. The molecule has 0 saturated heterocycles. The number of ether oxygens (including phenoxy) is 4. The van der Waals surface area contributed by atoms with Gasteiger partial charge in [-0.15, -0.1) is 0 Å². The molecular formula is C27H26FN7O6S. The Balaban J connectivity index is 1.24. The van der Waals surface area contributed by atoms with E-state index in [1.54, 1.807) is 13.8 Å². The smallest absolute Gasteiger partial charge is 0.411 e. The predicted octanol–water partition coefficient (Wildman–Crippen LogP) is 4.32. The molecule has 13 nitrogen and oxygen atoms in total. The van der Waals surface area contributed by atoms with Gasteiger partial charge in [0.05, 0.1) is 49.0 Å². The van der Waals surface area contributed by atoms with Crippen LogP contribution in [0.25, 0.3) is 32.0 Å². The number of carbonyl (C=O) groups is 1. The van der Waals surface area contributed by atoms with E-state index in [0.29, 0.717) is 32.3 Å². The number of thiazole rings is 1. The van der Waals surface area contributed by atoms with Gasteiger partial charge in [0.2, 0.25) is 5.88 Å². The molecule has 0 radical (unpaired) electrons. The maximum absolute atomic E-state index is 14.9. The number of carbonyl (C=O) groups excluding carboxylic acids is 1. The van der Waals surface area contributed by atoms with Gasteiger partial charge in [-0.3, -0.25) is 5.32 Å². The van der Waals surface area contributed by atoms with Gasteiger partial charge in [-0.2, -0.15) is 4.98 Å². The highest BCUT2D eigenvalue weighted by atomic mass is 32.1. The number of anilines is 1. The zero-order valence-corrected chi connectivity index (χ0v) is 23.8. The minimum atomic E-state index is -0.784. The lowest BCUT2D eigenvalue weighted by Crippen LogP contribution is -2.25. The number of nitrogens with one attached hydrogen (secondary N) is 1. The molecule has 0 spiro atoms. The van der Waals surface area contributed by atoms with Gasteiger partial charge in [0, 0.05) is 11.6 Å². The molecule has 0 saturated carbocycles. The lowest BCUT2D eigenvalue weighted by molar-refractivity contribution is 0.0941. The van der Waals surface area contributed by atoms with Crippen LogP contribution in [0.1, 0.15) is 19.4 Å². The number of halogens is 1. The van der Waals surface area contributed by atoms with Crippen LogP contribution < -0.4 is 19.5 Å². The van der Waals surface area contributed by atoms with Gasteiger partial charge < -0.3 is 24.1 Å². The van der Waals surface area contributed by atoms with Crippen LogP contribution in [0, 0.1) is 12.7 Å². The van der Waals surface area contributed by atoms with E-state index in [2.05, 4.69) is 35.2 Å². The number of amides is 1. The molecule has 0 aliphatic carbocycles. The molecule has 0 fully saturated rings. The van der Waals surface area contributed by atoms with Crippen molar-refractivity contribution in [3.63, 3.8) is 0 Å². The number of aliphatic hydroxyl groups is 1. The van der Waals surface area contributed by atoms with Gasteiger partial charge in [0.25, 0.3) is 5.88 Å². The summed E-state index contributed by atoms with van der Waals surface area (Å²) in [7, 11) is 1.52. The lowest BCUT2D eigenvalue weighted by Gasteiger charge is -2.15. The van der Waals surface area contributed by atoms with E-state index >= 15 is 0 Å². The highest BCUT2D eigenvalue weighted by Crippen LogP contribution is 2.35. The first-order valence-electron chi connectivity index (χ1n) is 12.7. The van der Waals surface area contributed by atoms with E-state index in [9.17, 15) is 9.18 Å². The van der Waals surface area contributed by atoms with Crippen LogP contribution in [0.5, 0.6) is 17.8 Å².